The molecule has 3 N–H and O–H groups in total. The first kappa shape index (κ1) is 23.0. The third-order valence-electron chi connectivity index (χ3n) is 6.36. The van der Waals surface area contributed by atoms with E-state index in [0.29, 0.717) is 10.8 Å². The first-order valence-electron chi connectivity index (χ1n) is 11.3. The van der Waals surface area contributed by atoms with Crippen LogP contribution in [0.4, 0.5) is 10.5 Å². The topological polar surface area (TPSA) is 105 Å². The Morgan fingerprint density at radius 2 is 1.42 bits per heavy atom. The number of ether oxygens (including phenoxy) is 2. The van der Waals surface area contributed by atoms with Gasteiger partial charge in [0.2, 0.25) is 0 Å². The molecule has 0 aromatic heterocycles. The highest BCUT2D eigenvalue weighted by Gasteiger charge is 2.29. The number of hydrogen-bond donors (Lipinski definition) is 3. The predicted octanol–water partition coefficient (Wildman–Crippen LogP) is 5.80. The number of anilines is 1. The van der Waals surface area contributed by atoms with E-state index in [0.717, 1.165) is 28.3 Å². The molecule has 0 heterocycles. The van der Waals surface area contributed by atoms with Crippen molar-refractivity contribution in [3.8, 4) is 22.6 Å². The second-order valence-corrected chi connectivity index (χ2v) is 8.34. The molecule has 180 valence electrons. The van der Waals surface area contributed by atoms with Crippen LogP contribution in [-0.2, 0) is 14.3 Å². The van der Waals surface area contributed by atoms with Gasteiger partial charge in [-0.2, -0.15) is 0 Å². The smallest absolute Gasteiger partial charge is 0.411 e. The molecule has 7 nitrogen and oxygen atoms in total. The number of esters is 1. The Kier molecular flexibility index (Phi) is 6.04. The molecule has 7 heteroatoms. The number of carbonyl (C=O) groups excluding carboxylic acids is 2. The van der Waals surface area contributed by atoms with Crippen LogP contribution in [0.1, 0.15) is 22.6 Å². The van der Waals surface area contributed by atoms with Crippen LogP contribution < -0.4 is 5.32 Å². The maximum atomic E-state index is 12.9. The van der Waals surface area contributed by atoms with Crippen LogP contribution in [0.2, 0.25) is 0 Å². The molecule has 0 saturated heterocycles. The lowest BCUT2D eigenvalue weighted by Gasteiger charge is -2.17. The lowest BCUT2D eigenvalue weighted by molar-refractivity contribution is -0.134. The quantitative estimate of drug-likeness (QED) is 0.144. The minimum Gasteiger partial charge on any atom is -0.507 e. The van der Waals surface area contributed by atoms with Crippen molar-refractivity contribution in [1.29, 1.82) is 0 Å². The van der Waals surface area contributed by atoms with E-state index >= 15 is 0 Å². The van der Waals surface area contributed by atoms with Crippen molar-refractivity contribution >= 4 is 34.6 Å². The lowest BCUT2D eigenvalue weighted by atomic mass is 9.98. The highest BCUT2D eigenvalue weighted by Crippen LogP contribution is 2.45. The molecular formula is C29H23NO6. The van der Waals surface area contributed by atoms with Crippen molar-refractivity contribution in [3.63, 3.8) is 0 Å². The Morgan fingerprint density at radius 1 is 0.861 bits per heavy atom. The normalized spacial score (nSPS) is 12.4. The number of carbonyl (C=O) groups is 2. The highest BCUT2D eigenvalue weighted by molar-refractivity contribution is 6.06. The number of phenols is 2. The standard InChI is InChI=1S/C29H23NO6/c1-35-25(31)15-14-23-26(28(33)22-13-7-6-12-21(22)27(23)32)30-29(34)36-16-24-19-10-4-2-8-17(19)18-9-3-5-11-20(18)24/h2-15,24,32-33H,16H2,1H3,(H,30,34)/b15-14+. The molecule has 0 atom stereocenters. The van der Waals surface area contributed by atoms with Crippen molar-refractivity contribution in [2.45, 2.75) is 5.92 Å². The fraction of sp³-hybridized carbons (Fsp3) is 0.103. The molecule has 0 bridgehead atoms. The Balaban J connectivity index is 1.44. The van der Waals surface area contributed by atoms with Gasteiger partial charge in [-0.1, -0.05) is 72.8 Å². The Hall–Kier alpha value is -4.78. The number of methoxy groups -OCH3 is 1. The summed E-state index contributed by atoms with van der Waals surface area (Å²) >= 11 is 0. The van der Waals surface area contributed by atoms with E-state index < -0.39 is 12.1 Å². The summed E-state index contributed by atoms with van der Waals surface area (Å²) in [7, 11) is 1.22. The minimum absolute atomic E-state index is 0.0464. The summed E-state index contributed by atoms with van der Waals surface area (Å²) in [5.74, 6) is -1.27. The third kappa shape index (κ3) is 4.01. The predicted molar refractivity (Wildman–Crippen MR) is 137 cm³/mol. The molecular weight excluding hydrogens is 458 g/mol. The third-order valence-corrected chi connectivity index (χ3v) is 6.36. The van der Waals surface area contributed by atoms with Gasteiger partial charge in [0.25, 0.3) is 0 Å². The zero-order valence-electron chi connectivity index (χ0n) is 19.4. The monoisotopic (exact) mass is 481 g/mol. The van der Waals surface area contributed by atoms with Crippen molar-refractivity contribution in [2.75, 3.05) is 19.0 Å². The lowest BCUT2D eigenvalue weighted by Crippen LogP contribution is -2.18. The van der Waals surface area contributed by atoms with Gasteiger partial charge in [-0.3, -0.25) is 5.32 Å². The molecule has 0 radical (unpaired) electrons. The molecule has 5 rings (SSSR count). The summed E-state index contributed by atoms with van der Waals surface area (Å²) in [6.45, 7) is 0.0769. The molecule has 0 fully saturated rings. The molecule has 1 aliphatic rings. The van der Waals surface area contributed by atoms with Crippen LogP contribution in [0.3, 0.4) is 0 Å². The van der Waals surface area contributed by atoms with Gasteiger partial charge < -0.3 is 19.7 Å². The Morgan fingerprint density at radius 3 is 2.03 bits per heavy atom. The summed E-state index contributed by atoms with van der Waals surface area (Å²) in [5.41, 5.74) is 4.32. The molecule has 0 saturated carbocycles. The van der Waals surface area contributed by atoms with Gasteiger partial charge in [-0.05, 0) is 28.3 Å². The van der Waals surface area contributed by atoms with Crippen LogP contribution in [-0.4, -0.2) is 36.0 Å². The average molecular weight is 482 g/mol. The van der Waals surface area contributed by atoms with Gasteiger partial charge in [-0.15, -0.1) is 0 Å². The second kappa shape index (κ2) is 9.46. The summed E-state index contributed by atoms with van der Waals surface area (Å²) in [4.78, 5) is 24.6. The highest BCUT2D eigenvalue weighted by atomic mass is 16.5. The van der Waals surface area contributed by atoms with Gasteiger partial charge in [0, 0.05) is 28.3 Å². The maximum Gasteiger partial charge on any atom is 0.411 e. The SMILES string of the molecule is COC(=O)/C=C/c1c(NC(=O)OCC2c3ccccc3-c3ccccc32)c(O)c2ccccc2c1O. The van der Waals surface area contributed by atoms with Gasteiger partial charge in [0.15, 0.2) is 0 Å². The van der Waals surface area contributed by atoms with Gasteiger partial charge >= 0.3 is 12.1 Å². The number of benzene rings is 4. The minimum atomic E-state index is -0.811. The van der Waals surface area contributed by atoms with E-state index in [2.05, 4.69) is 10.1 Å². The van der Waals surface area contributed by atoms with E-state index in [1.165, 1.54) is 13.2 Å². The van der Waals surface area contributed by atoms with Crippen molar-refractivity contribution in [3.05, 3.63) is 95.6 Å². The van der Waals surface area contributed by atoms with E-state index in [9.17, 15) is 19.8 Å². The fourth-order valence-corrected chi connectivity index (χ4v) is 4.67. The summed E-state index contributed by atoms with van der Waals surface area (Å²) in [5, 5.41) is 25.0. The van der Waals surface area contributed by atoms with Crippen molar-refractivity contribution in [2.24, 2.45) is 0 Å². The van der Waals surface area contributed by atoms with Crippen LogP contribution in [0.25, 0.3) is 28.0 Å². The van der Waals surface area contributed by atoms with Gasteiger partial charge in [-0.25, -0.2) is 9.59 Å². The van der Waals surface area contributed by atoms with Crippen LogP contribution >= 0.6 is 0 Å². The van der Waals surface area contributed by atoms with Crippen molar-refractivity contribution < 1.29 is 29.3 Å². The zero-order chi connectivity index (χ0) is 25.2. The Bertz CT molecular complexity index is 1480. The first-order valence-corrected chi connectivity index (χ1v) is 11.3. The molecule has 0 aliphatic heterocycles. The number of nitrogens with one attached hydrogen (secondary N) is 1. The summed E-state index contributed by atoms with van der Waals surface area (Å²) in [6, 6.07) is 22.6. The molecule has 4 aromatic rings. The number of aromatic hydroxyl groups is 2. The average Bonchev–Trinajstić information content (AvgIpc) is 3.23. The van der Waals surface area contributed by atoms with Crippen LogP contribution in [0.15, 0.2) is 78.9 Å². The summed E-state index contributed by atoms with van der Waals surface area (Å²) < 4.78 is 10.2. The first-order chi connectivity index (χ1) is 17.5. The van der Waals surface area contributed by atoms with Crippen LogP contribution in [0, 0.1) is 0 Å². The molecule has 4 aromatic carbocycles. The largest absolute Gasteiger partial charge is 0.507 e. The van der Waals surface area contributed by atoms with E-state index in [1.807, 2.05) is 48.5 Å². The number of rotatable bonds is 5. The van der Waals surface area contributed by atoms with Gasteiger partial charge in [0.1, 0.15) is 18.1 Å². The molecule has 1 aliphatic carbocycles. The summed E-state index contributed by atoms with van der Waals surface area (Å²) in [6.07, 6.45) is 1.55. The maximum absolute atomic E-state index is 12.9. The van der Waals surface area contributed by atoms with E-state index in [4.69, 9.17) is 4.74 Å². The van der Waals surface area contributed by atoms with Crippen molar-refractivity contribution in [1.82, 2.24) is 0 Å². The number of hydrogen-bond acceptors (Lipinski definition) is 6. The molecule has 0 unspecified atom stereocenters. The molecule has 1 amide bonds. The number of fused-ring (bicyclic) bond motifs is 4. The number of phenolic OH excluding ortho intramolecular Hbond substituents is 2. The number of amides is 1. The fourth-order valence-electron chi connectivity index (χ4n) is 4.67. The van der Waals surface area contributed by atoms with E-state index in [1.54, 1.807) is 24.3 Å². The zero-order valence-corrected chi connectivity index (χ0v) is 19.4. The van der Waals surface area contributed by atoms with Gasteiger partial charge in [0.05, 0.1) is 12.8 Å². The molecule has 36 heavy (non-hydrogen) atoms. The second-order valence-electron chi connectivity index (χ2n) is 8.34. The molecule has 0 spiro atoms. The van der Waals surface area contributed by atoms with Crippen LogP contribution in [0.5, 0.6) is 11.5 Å². The van der Waals surface area contributed by atoms with E-state index in [-0.39, 0.29) is 35.3 Å². The Labute approximate surface area is 207 Å².